The second-order valence-electron chi connectivity index (χ2n) is 6.43. The number of likely N-dealkylation sites (tertiary alicyclic amines) is 1. The molecule has 0 bridgehead atoms. The van der Waals surface area contributed by atoms with Gasteiger partial charge in [0.1, 0.15) is 5.82 Å². The molecule has 0 unspecified atom stereocenters. The molecular formula is C15H24F3N5. The van der Waals surface area contributed by atoms with E-state index in [2.05, 4.69) is 21.9 Å². The Hall–Kier alpha value is -1.57. The summed E-state index contributed by atoms with van der Waals surface area (Å²) < 4.78 is 39.1. The smallest absolute Gasteiger partial charge is 0.363 e. The van der Waals surface area contributed by atoms with Gasteiger partial charge in [-0.25, -0.2) is 4.98 Å². The maximum Gasteiger partial charge on any atom is 0.433 e. The normalized spacial score (nSPS) is 17.3. The topological polar surface area (TPSA) is 35.5 Å². The van der Waals surface area contributed by atoms with E-state index in [1.807, 2.05) is 0 Å². The van der Waals surface area contributed by atoms with Crippen LogP contribution < -0.4 is 9.80 Å². The van der Waals surface area contributed by atoms with Crippen molar-refractivity contribution in [2.24, 2.45) is 5.92 Å². The largest absolute Gasteiger partial charge is 0.433 e. The lowest BCUT2D eigenvalue weighted by molar-refractivity contribution is -0.141. The van der Waals surface area contributed by atoms with Gasteiger partial charge < -0.3 is 14.7 Å². The molecule has 1 saturated heterocycles. The van der Waals surface area contributed by atoms with E-state index >= 15 is 0 Å². The zero-order valence-corrected chi connectivity index (χ0v) is 14.1. The third-order valence-corrected chi connectivity index (χ3v) is 4.16. The van der Waals surface area contributed by atoms with E-state index in [0.29, 0.717) is 12.5 Å². The molecule has 5 nitrogen and oxygen atoms in total. The van der Waals surface area contributed by atoms with Crippen molar-refractivity contribution >= 4 is 11.8 Å². The molecule has 1 aliphatic heterocycles. The Morgan fingerprint density at radius 1 is 1.17 bits per heavy atom. The molecular weight excluding hydrogens is 307 g/mol. The van der Waals surface area contributed by atoms with Crippen LogP contribution in [0.15, 0.2) is 6.07 Å². The fourth-order valence-corrected chi connectivity index (χ4v) is 2.68. The van der Waals surface area contributed by atoms with Crippen LogP contribution in [-0.4, -0.2) is 62.7 Å². The second kappa shape index (κ2) is 6.90. The molecule has 130 valence electrons. The maximum atomic E-state index is 13.0. The summed E-state index contributed by atoms with van der Waals surface area (Å²) in [4.78, 5) is 13.5. The van der Waals surface area contributed by atoms with Crippen LogP contribution in [0.2, 0.25) is 0 Å². The molecule has 8 heteroatoms. The Morgan fingerprint density at radius 3 is 2.30 bits per heavy atom. The van der Waals surface area contributed by atoms with Gasteiger partial charge in [-0.3, -0.25) is 0 Å². The van der Waals surface area contributed by atoms with Crippen molar-refractivity contribution < 1.29 is 13.2 Å². The van der Waals surface area contributed by atoms with Crippen molar-refractivity contribution in [2.75, 3.05) is 57.6 Å². The average molecular weight is 331 g/mol. The van der Waals surface area contributed by atoms with Gasteiger partial charge in [0.15, 0.2) is 5.69 Å². The highest BCUT2D eigenvalue weighted by Crippen LogP contribution is 2.31. The summed E-state index contributed by atoms with van der Waals surface area (Å²) in [6.07, 6.45) is -2.39. The molecule has 0 aromatic carbocycles. The van der Waals surface area contributed by atoms with Gasteiger partial charge in [-0.15, -0.1) is 0 Å². The Labute approximate surface area is 135 Å². The summed E-state index contributed by atoms with van der Waals surface area (Å²) in [5, 5.41) is 0. The van der Waals surface area contributed by atoms with Crippen molar-refractivity contribution in [3.8, 4) is 0 Å². The van der Waals surface area contributed by atoms with Gasteiger partial charge in [0.2, 0.25) is 5.95 Å². The van der Waals surface area contributed by atoms with E-state index in [9.17, 15) is 13.2 Å². The minimum absolute atomic E-state index is 0.127. The first-order chi connectivity index (χ1) is 10.7. The van der Waals surface area contributed by atoms with Crippen LogP contribution in [-0.2, 0) is 6.18 Å². The maximum absolute atomic E-state index is 13.0. The molecule has 0 N–H and O–H groups in total. The number of hydrogen-bond acceptors (Lipinski definition) is 5. The van der Waals surface area contributed by atoms with E-state index in [-0.39, 0.29) is 11.8 Å². The third kappa shape index (κ3) is 4.70. The monoisotopic (exact) mass is 331 g/mol. The fourth-order valence-electron chi connectivity index (χ4n) is 2.68. The van der Waals surface area contributed by atoms with Crippen LogP contribution >= 0.6 is 0 Å². The van der Waals surface area contributed by atoms with E-state index in [1.54, 1.807) is 30.9 Å². The van der Waals surface area contributed by atoms with Crippen LogP contribution in [0.25, 0.3) is 0 Å². The minimum Gasteiger partial charge on any atom is -0.363 e. The number of alkyl halides is 3. The number of hydrogen-bond donors (Lipinski definition) is 0. The quantitative estimate of drug-likeness (QED) is 0.846. The van der Waals surface area contributed by atoms with Crippen molar-refractivity contribution in [1.82, 2.24) is 14.9 Å². The second-order valence-corrected chi connectivity index (χ2v) is 6.43. The first-order valence-corrected chi connectivity index (χ1v) is 7.70. The summed E-state index contributed by atoms with van der Waals surface area (Å²) in [5.74, 6) is 0.845. The molecule has 0 aliphatic carbocycles. The standard InChI is InChI=1S/C15H24F3N5/c1-21(2)13-9-12(15(16,17)18)19-14(20-13)23(4)10-11-5-7-22(3)8-6-11/h9,11H,5-8,10H2,1-4H3. The van der Waals surface area contributed by atoms with E-state index < -0.39 is 11.9 Å². The Morgan fingerprint density at radius 2 is 1.78 bits per heavy atom. The lowest BCUT2D eigenvalue weighted by atomic mass is 9.97. The van der Waals surface area contributed by atoms with Gasteiger partial charge >= 0.3 is 6.18 Å². The Bertz CT molecular complexity index is 524. The highest BCUT2D eigenvalue weighted by Gasteiger charge is 2.34. The Kier molecular flexibility index (Phi) is 5.33. The van der Waals surface area contributed by atoms with E-state index in [4.69, 9.17) is 0 Å². The lowest BCUT2D eigenvalue weighted by Crippen LogP contribution is -2.36. The molecule has 1 aromatic heterocycles. The van der Waals surface area contributed by atoms with Crippen LogP contribution in [0.5, 0.6) is 0 Å². The summed E-state index contributed by atoms with van der Waals surface area (Å²) in [7, 11) is 7.18. The number of halogens is 3. The highest BCUT2D eigenvalue weighted by atomic mass is 19.4. The van der Waals surface area contributed by atoms with Crippen LogP contribution in [0, 0.1) is 5.92 Å². The van der Waals surface area contributed by atoms with Gasteiger partial charge in [-0.05, 0) is 38.9 Å². The van der Waals surface area contributed by atoms with E-state index in [1.165, 1.54) is 0 Å². The molecule has 1 fully saturated rings. The van der Waals surface area contributed by atoms with Gasteiger partial charge in [0.25, 0.3) is 0 Å². The average Bonchev–Trinajstić information content (AvgIpc) is 2.48. The minimum atomic E-state index is -4.48. The van der Waals surface area contributed by atoms with Crippen LogP contribution in [0.3, 0.4) is 0 Å². The first kappa shape index (κ1) is 17.8. The first-order valence-electron chi connectivity index (χ1n) is 7.70. The molecule has 0 radical (unpaired) electrons. The van der Waals surface area contributed by atoms with Crippen molar-refractivity contribution in [3.05, 3.63) is 11.8 Å². The van der Waals surface area contributed by atoms with E-state index in [0.717, 1.165) is 32.0 Å². The number of aromatic nitrogens is 2. The third-order valence-electron chi connectivity index (χ3n) is 4.16. The summed E-state index contributed by atoms with van der Waals surface area (Å²) in [6, 6.07) is 0.979. The molecule has 0 amide bonds. The molecule has 2 rings (SSSR count). The Balaban J connectivity index is 2.18. The van der Waals surface area contributed by atoms with Crippen molar-refractivity contribution in [3.63, 3.8) is 0 Å². The molecule has 1 aliphatic rings. The number of piperidine rings is 1. The summed E-state index contributed by atoms with van der Waals surface area (Å²) >= 11 is 0. The molecule has 0 atom stereocenters. The summed E-state index contributed by atoms with van der Waals surface area (Å²) in [5.41, 5.74) is -0.901. The predicted octanol–water partition coefficient (Wildman–Crippen LogP) is 2.34. The zero-order chi connectivity index (χ0) is 17.2. The van der Waals surface area contributed by atoms with Crippen LogP contribution in [0.1, 0.15) is 18.5 Å². The van der Waals surface area contributed by atoms with Gasteiger partial charge in [0, 0.05) is 33.8 Å². The van der Waals surface area contributed by atoms with Crippen molar-refractivity contribution in [1.29, 1.82) is 0 Å². The number of rotatable bonds is 4. The fraction of sp³-hybridized carbons (Fsp3) is 0.733. The molecule has 0 saturated carbocycles. The van der Waals surface area contributed by atoms with Crippen LogP contribution in [0.4, 0.5) is 24.9 Å². The molecule has 2 heterocycles. The zero-order valence-electron chi connectivity index (χ0n) is 14.1. The predicted molar refractivity (Wildman–Crippen MR) is 84.9 cm³/mol. The lowest BCUT2D eigenvalue weighted by Gasteiger charge is -2.32. The number of nitrogens with zero attached hydrogens (tertiary/aromatic N) is 5. The summed E-state index contributed by atoms with van der Waals surface area (Å²) in [6.45, 7) is 2.71. The molecule has 0 spiro atoms. The molecule has 1 aromatic rings. The highest BCUT2D eigenvalue weighted by molar-refractivity contribution is 5.45. The van der Waals surface area contributed by atoms with Gasteiger partial charge in [0.05, 0.1) is 0 Å². The molecule has 23 heavy (non-hydrogen) atoms. The SMILES string of the molecule is CN1CCC(CN(C)c2nc(N(C)C)cc(C(F)(F)F)n2)CC1. The van der Waals surface area contributed by atoms with Crippen molar-refractivity contribution in [2.45, 2.75) is 19.0 Å². The van der Waals surface area contributed by atoms with Gasteiger partial charge in [-0.2, -0.15) is 18.2 Å². The van der Waals surface area contributed by atoms with Gasteiger partial charge in [-0.1, -0.05) is 0 Å². The number of anilines is 2.